The van der Waals surface area contributed by atoms with Crippen LogP contribution in [0.2, 0.25) is 0 Å². The van der Waals surface area contributed by atoms with E-state index in [9.17, 15) is 0 Å². The molecule has 1 saturated carbocycles. The molecule has 0 radical (unpaired) electrons. The molecule has 1 fully saturated rings. The molecular weight excluding hydrogens is 182 g/mol. The first-order valence-corrected chi connectivity index (χ1v) is 6.48. The maximum atomic E-state index is 3.76. The molecule has 0 spiro atoms. The fraction of sp³-hybridized carbons (Fsp3) is 0.714. The van der Waals surface area contributed by atoms with Gasteiger partial charge in [-0.25, -0.2) is 0 Å². The lowest BCUT2D eigenvalue weighted by atomic mass is 9.92. The molecule has 0 aromatic heterocycles. The smallest absolute Gasteiger partial charge is 0.0105 e. The van der Waals surface area contributed by atoms with E-state index in [0.29, 0.717) is 0 Å². The van der Waals surface area contributed by atoms with Crippen molar-refractivity contribution in [2.24, 2.45) is 17.8 Å². The summed E-state index contributed by atoms with van der Waals surface area (Å²) in [7, 11) is 0. The second-order valence-corrected chi connectivity index (χ2v) is 5.43. The van der Waals surface area contributed by atoms with Gasteiger partial charge in [-0.05, 0) is 56.4 Å². The number of nitrogens with one attached hydrogen (secondary N) is 1. The van der Waals surface area contributed by atoms with Gasteiger partial charge in [-0.2, -0.15) is 0 Å². The van der Waals surface area contributed by atoms with Gasteiger partial charge >= 0.3 is 0 Å². The van der Waals surface area contributed by atoms with Crippen LogP contribution >= 0.6 is 0 Å². The zero-order chi connectivity index (χ0) is 10.1. The molecule has 82 valence electrons. The third-order valence-corrected chi connectivity index (χ3v) is 4.35. The fourth-order valence-electron chi connectivity index (χ4n) is 3.43. The van der Waals surface area contributed by atoms with E-state index in [1.54, 1.807) is 0 Å². The van der Waals surface area contributed by atoms with Crippen LogP contribution in [-0.4, -0.2) is 12.6 Å². The highest BCUT2D eigenvalue weighted by Gasteiger charge is 2.35. The van der Waals surface area contributed by atoms with Gasteiger partial charge in [-0.3, -0.25) is 0 Å². The molecule has 0 saturated heterocycles. The van der Waals surface area contributed by atoms with Gasteiger partial charge in [0, 0.05) is 6.04 Å². The summed E-state index contributed by atoms with van der Waals surface area (Å²) < 4.78 is 0. The summed E-state index contributed by atoms with van der Waals surface area (Å²) in [6.07, 6.45) is 16.3. The SMILES string of the molecule is C1=CCC(NCC2CC3C=CC2C3)CC1. The molecule has 3 rings (SSSR count). The molecule has 4 unspecified atom stereocenters. The van der Waals surface area contributed by atoms with Crippen LogP contribution in [0.5, 0.6) is 0 Å². The second-order valence-electron chi connectivity index (χ2n) is 5.43. The Kier molecular flexibility index (Phi) is 2.66. The van der Waals surface area contributed by atoms with Crippen molar-refractivity contribution in [2.75, 3.05) is 6.54 Å². The van der Waals surface area contributed by atoms with Gasteiger partial charge in [-0.1, -0.05) is 24.3 Å². The molecule has 4 atom stereocenters. The lowest BCUT2D eigenvalue weighted by Crippen LogP contribution is -2.35. The molecule has 0 aromatic rings. The van der Waals surface area contributed by atoms with Crippen LogP contribution in [0.4, 0.5) is 0 Å². The first-order chi connectivity index (χ1) is 7.42. The minimum Gasteiger partial charge on any atom is -0.313 e. The van der Waals surface area contributed by atoms with Crippen LogP contribution < -0.4 is 5.32 Å². The number of rotatable bonds is 3. The van der Waals surface area contributed by atoms with E-state index in [4.69, 9.17) is 0 Å². The lowest BCUT2D eigenvalue weighted by molar-refractivity contribution is 0.370. The molecule has 0 amide bonds. The summed E-state index contributed by atoms with van der Waals surface area (Å²) >= 11 is 0. The average Bonchev–Trinajstić information content (AvgIpc) is 2.89. The molecule has 0 aliphatic heterocycles. The summed E-state index contributed by atoms with van der Waals surface area (Å²) in [4.78, 5) is 0. The van der Waals surface area contributed by atoms with Crippen molar-refractivity contribution in [1.82, 2.24) is 5.32 Å². The average molecular weight is 203 g/mol. The van der Waals surface area contributed by atoms with Crippen LogP contribution in [0.3, 0.4) is 0 Å². The van der Waals surface area contributed by atoms with Gasteiger partial charge in [0.2, 0.25) is 0 Å². The number of hydrogen-bond donors (Lipinski definition) is 1. The van der Waals surface area contributed by atoms with Gasteiger partial charge in [0.1, 0.15) is 0 Å². The zero-order valence-electron chi connectivity index (χ0n) is 9.36. The summed E-state index contributed by atoms with van der Waals surface area (Å²) in [6.45, 7) is 1.25. The molecule has 1 N–H and O–H groups in total. The molecule has 15 heavy (non-hydrogen) atoms. The van der Waals surface area contributed by atoms with Crippen molar-refractivity contribution in [3.63, 3.8) is 0 Å². The standard InChI is InChI=1S/C14H21N/c1-2-4-14(5-3-1)15-10-13-9-11-6-7-12(13)8-11/h1-2,6-7,11-15H,3-5,8-10H2. The van der Waals surface area contributed by atoms with E-state index in [0.717, 1.165) is 23.8 Å². The maximum absolute atomic E-state index is 3.76. The molecule has 3 aliphatic carbocycles. The van der Waals surface area contributed by atoms with Gasteiger partial charge in [0.25, 0.3) is 0 Å². The fourth-order valence-corrected chi connectivity index (χ4v) is 3.43. The van der Waals surface area contributed by atoms with Crippen molar-refractivity contribution >= 4 is 0 Å². The van der Waals surface area contributed by atoms with E-state index >= 15 is 0 Å². The van der Waals surface area contributed by atoms with Crippen molar-refractivity contribution < 1.29 is 0 Å². The summed E-state index contributed by atoms with van der Waals surface area (Å²) in [6, 6.07) is 0.762. The normalized spacial score (nSPS) is 42.7. The van der Waals surface area contributed by atoms with Gasteiger partial charge in [0.05, 0.1) is 0 Å². The Hall–Kier alpha value is -0.560. The zero-order valence-corrected chi connectivity index (χ0v) is 9.36. The van der Waals surface area contributed by atoms with Gasteiger partial charge in [0.15, 0.2) is 0 Å². The molecule has 2 bridgehead atoms. The third-order valence-electron chi connectivity index (χ3n) is 4.35. The Labute approximate surface area is 92.6 Å². The first kappa shape index (κ1) is 9.65. The summed E-state index contributed by atoms with van der Waals surface area (Å²) in [5, 5.41) is 3.76. The van der Waals surface area contributed by atoms with E-state index in [1.807, 2.05) is 0 Å². The van der Waals surface area contributed by atoms with E-state index in [2.05, 4.69) is 29.6 Å². The minimum absolute atomic E-state index is 0.762. The maximum Gasteiger partial charge on any atom is 0.0105 e. The van der Waals surface area contributed by atoms with Gasteiger partial charge in [-0.15, -0.1) is 0 Å². The summed E-state index contributed by atoms with van der Waals surface area (Å²) in [5.41, 5.74) is 0. The monoisotopic (exact) mass is 203 g/mol. The quantitative estimate of drug-likeness (QED) is 0.695. The van der Waals surface area contributed by atoms with Crippen molar-refractivity contribution in [1.29, 1.82) is 0 Å². The predicted molar refractivity (Wildman–Crippen MR) is 63.6 cm³/mol. The molecular formula is C14H21N. The highest BCUT2D eigenvalue weighted by atomic mass is 14.9. The Balaban J connectivity index is 1.46. The first-order valence-electron chi connectivity index (χ1n) is 6.48. The van der Waals surface area contributed by atoms with Crippen molar-refractivity contribution in [2.45, 2.75) is 38.1 Å². The summed E-state index contributed by atoms with van der Waals surface area (Å²) in [5.74, 6) is 2.76. The molecule has 3 aliphatic rings. The van der Waals surface area contributed by atoms with Crippen molar-refractivity contribution in [3.05, 3.63) is 24.3 Å². The Morgan fingerprint density at radius 1 is 1.13 bits per heavy atom. The van der Waals surface area contributed by atoms with E-state index in [-0.39, 0.29) is 0 Å². The van der Waals surface area contributed by atoms with E-state index in [1.165, 1.54) is 38.6 Å². The van der Waals surface area contributed by atoms with E-state index < -0.39 is 0 Å². The van der Waals surface area contributed by atoms with Crippen LogP contribution in [0.25, 0.3) is 0 Å². The highest BCUT2D eigenvalue weighted by Crippen LogP contribution is 2.43. The van der Waals surface area contributed by atoms with Crippen LogP contribution in [-0.2, 0) is 0 Å². The lowest BCUT2D eigenvalue weighted by Gasteiger charge is -2.24. The topological polar surface area (TPSA) is 12.0 Å². The predicted octanol–water partition coefficient (Wildman–Crippen LogP) is 2.90. The molecule has 0 heterocycles. The van der Waals surface area contributed by atoms with Crippen molar-refractivity contribution in [3.8, 4) is 0 Å². The second kappa shape index (κ2) is 4.13. The minimum atomic E-state index is 0.762. The molecule has 1 nitrogen and oxygen atoms in total. The molecule has 1 heteroatoms. The highest BCUT2D eigenvalue weighted by molar-refractivity contribution is 5.10. The Bertz CT molecular complexity index is 279. The number of fused-ring (bicyclic) bond motifs is 2. The van der Waals surface area contributed by atoms with Gasteiger partial charge < -0.3 is 5.32 Å². The van der Waals surface area contributed by atoms with Crippen LogP contribution in [0, 0.1) is 17.8 Å². The molecule has 0 aromatic carbocycles. The number of allylic oxidation sites excluding steroid dienone is 3. The largest absolute Gasteiger partial charge is 0.313 e. The third kappa shape index (κ3) is 2.03. The van der Waals surface area contributed by atoms with Crippen LogP contribution in [0.1, 0.15) is 32.1 Å². The Morgan fingerprint density at radius 2 is 2.13 bits per heavy atom. The van der Waals surface area contributed by atoms with Crippen LogP contribution in [0.15, 0.2) is 24.3 Å². The Morgan fingerprint density at radius 3 is 2.80 bits per heavy atom. The number of hydrogen-bond acceptors (Lipinski definition) is 1.